The second kappa shape index (κ2) is 9.05. The Morgan fingerprint density at radius 3 is 2.36 bits per heavy atom. The molecular weight excluding hydrogens is 398 g/mol. The van der Waals surface area contributed by atoms with Crippen LogP contribution in [0.1, 0.15) is 31.0 Å². The maximum absolute atomic E-state index is 12.6. The highest BCUT2D eigenvalue weighted by molar-refractivity contribution is 7.89. The number of rotatable bonds is 7. The number of benzene rings is 2. The van der Waals surface area contributed by atoms with E-state index in [4.69, 9.17) is 11.6 Å². The Balaban J connectivity index is 2.13. The lowest BCUT2D eigenvalue weighted by Gasteiger charge is -2.21. The zero-order valence-corrected chi connectivity index (χ0v) is 18.2. The summed E-state index contributed by atoms with van der Waals surface area (Å²) in [5.41, 5.74) is 2.63. The van der Waals surface area contributed by atoms with Crippen molar-refractivity contribution in [2.75, 3.05) is 19.4 Å². The van der Waals surface area contributed by atoms with Gasteiger partial charge in [-0.25, -0.2) is 12.7 Å². The van der Waals surface area contributed by atoms with Gasteiger partial charge in [-0.1, -0.05) is 35.9 Å². The molecule has 0 aliphatic carbocycles. The Labute approximate surface area is 171 Å². The van der Waals surface area contributed by atoms with Crippen LogP contribution in [-0.2, 0) is 14.8 Å². The van der Waals surface area contributed by atoms with Gasteiger partial charge in [0.05, 0.1) is 11.1 Å². The summed E-state index contributed by atoms with van der Waals surface area (Å²) < 4.78 is 25.8. The van der Waals surface area contributed by atoms with Crippen molar-refractivity contribution in [1.29, 1.82) is 0 Å². The average molecular weight is 424 g/mol. The van der Waals surface area contributed by atoms with E-state index in [2.05, 4.69) is 10.6 Å². The molecule has 0 radical (unpaired) electrons. The Kier molecular flexibility index (Phi) is 7.22. The van der Waals surface area contributed by atoms with E-state index in [1.54, 1.807) is 13.0 Å². The Hall–Kier alpha value is -1.93. The van der Waals surface area contributed by atoms with Gasteiger partial charge in [0, 0.05) is 25.8 Å². The summed E-state index contributed by atoms with van der Waals surface area (Å²) >= 11 is 6.04. The van der Waals surface area contributed by atoms with Crippen molar-refractivity contribution in [2.24, 2.45) is 0 Å². The summed E-state index contributed by atoms with van der Waals surface area (Å²) in [6, 6.07) is 11.9. The van der Waals surface area contributed by atoms with E-state index < -0.39 is 16.1 Å². The highest BCUT2D eigenvalue weighted by atomic mass is 35.5. The van der Waals surface area contributed by atoms with Crippen molar-refractivity contribution >= 4 is 33.2 Å². The van der Waals surface area contributed by atoms with Crippen LogP contribution < -0.4 is 10.6 Å². The van der Waals surface area contributed by atoms with Crippen LogP contribution in [-0.4, -0.2) is 38.8 Å². The van der Waals surface area contributed by atoms with Crippen molar-refractivity contribution < 1.29 is 13.2 Å². The number of anilines is 1. The zero-order valence-electron chi connectivity index (χ0n) is 16.7. The predicted octanol–water partition coefficient (Wildman–Crippen LogP) is 3.58. The van der Waals surface area contributed by atoms with E-state index in [0.717, 1.165) is 15.4 Å². The average Bonchev–Trinajstić information content (AvgIpc) is 2.63. The Morgan fingerprint density at radius 1 is 1.11 bits per heavy atom. The molecule has 0 saturated carbocycles. The number of nitrogens with one attached hydrogen (secondary N) is 2. The van der Waals surface area contributed by atoms with E-state index in [1.807, 2.05) is 38.1 Å². The standard InChI is InChI=1S/C20H26ClN3O3S/c1-13-8-6-7-9-17(13)14(2)22-15(3)20(25)23-16-10-11-18(21)19(12-16)28(26,27)24(4)5/h6-12,14-15,22H,1-5H3,(H,23,25). The number of nitrogens with zero attached hydrogens (tertiary/aromatic N) is 1. The van der Waals surface area contributed by atoms with Gasteiger partial charge >= 0.3 is 0 Å². The molecule has 28 heavy (non-hydrogen) atoms. The third kappa shape index (κ3) is 5.11. The van der Waals surface area contributed by atoms with Gasteiger partial charge in [0.1, 0.15) is 4.90 Å². The topological polar surface area (TPSA) is 78.5 Å². The van der Waals surface area contributed by atoms with Crippen molar-refractivity contribution in [3.8, 4) is 0 Å². The largest absolute Gasteiger partial charge is 0.325 e. The molecule has 2 rings (SSSR count). The molecule has 2 aromatic carbocycles. The highest BCUT2D eigenvalue weighted by Crippen LogP contribution is 2.27. The van der Waals surface area contributed by atoms with Gasteiger partial charge in [-0.3, -0.25) is 10.1 Å². The quantitative estimate of drug-likeness (QED) is 0.713. The minimum Gasteiger partial charge on any atom is -0.325 e. The summed E-state index contributed by atoms with van der Waals surface area (Å²) in [5.74, 6) is -0.268. The molecule has 2 aromatic rings. The summed E-state index contributed by atoms with van der Waals surface area (Å²) in [7, 11) is -0.859. The molecular formula is C20H26ClN3O3S. The molecule has 2 unspecified atom stereocenters. The summed E-state index contributed by atoms with van der Waals surface area (Å²) in [4.78, 5) is 12.5. The fraction of sp³-hybridized carbons (Fsp3) is 0.350. The van der Waals surface area contributed by atoms with Crippen LogP contribution in [0.25, 0.3) is 0 Å². The lowest BCUT2D eigenvalue weighted by molar-refractivity contribution is -0.117. The number of carbonyl (C=O) groups is 1. The molecule has 0 aliphatic rings. The number of halogens is 1. The number of sulfonamides is 1. The SMILES string of the molecule is Cc1ccccc1C(C)NC(C)C(=O)Nc1ccc(Cl)c(S(=O)(=O)N(C)C)c1. The second-order valence-corrected chi connectivity index (χ2v) is 9.42. The van der Waals surface area contributed by atoms with Gasteiger partial charge in [0.25, 0.3) is 0 Å². The van der Waals surface area contributed by atoms with Gasteiger partial charge in [0.15, 0.2) is 0 Å². The van der Waals surface area contributed by atoms with Gasteiger partial charge < -0.3 is 5.32 Å². The van der Waals surface area contributed by atoms with Gasteiger partial charge in [-0.15, -0.1) is 0 Å². The van der Waals surface area contributed by atoms with Gasteiger partial charge in [-0.2, -0.15) is 0 Å². The van der Waals surface area contributed by atoms with Crippen LogP contribution in [0.3, 0.4) is 0 Å². The maximum Gasteiger partial charge on any atom is 0.244 e. The van der Waals surface area contributed by atoms with Crippen molar-refractivity contribution in [1.82, 2.24) is 9.62 Å². The number of amides is 1. The molecule has 0 aliphatic heterocycles. The molecule has 6 nitrogen and oxygen atoms in total. The second-order valence-electron chi connectivity index (χ2n) is 6.89. The molecule has 1 amide bonds. The third-order valence-corrected chi connectivity index (χ3v) is 6.80. The van der Waals surface area contributed by atoms with E-state index in [9.17, 15) is 13.2 Å². The first-order valence-corrected chi connectivity index (χ1v) is 10.7. The van der Waals surface area contributed by atoms with E-state index in [1.165, 1.54) is 26.2 Å². The van der Waals surface area contributed by atoms with Crippen molar-refractivity contribution in [3.05, 3.63) is 58.6 Å². The van der Waals surface area contributed by atoms with Crippen LogP contribution in [0.4, 0.5) is 5.69 Å². The Morgan fingerprint density at radius 2 is 1.75 bits per heavy atom. The lowest BCUT2D eigenvalue weighted by atomic mass is 10.0. The normalized spacial score (nSPS) is 14.0. The van der Waals surface area contributed by atoms with Crippen LogP contribution in [0, 0.1) is 6.92 Å². The van der Waals surface area contributed by atoms with Crippen LogP contribution in [0.2, 0.25) is 5.02 Å². The van der Waals surface area contributed by atoms with Crippen molar-refractivity contribution in [2.45, 2.75) is 37.8 Å². The van der Waals surface area contributed by atoms with Gasteiger partial charge in [-0.05, 0) is 50.1 Å². The number of aryl methyl sites for hydroxylation is 1. The smallest absolute Gasteiger partial charge is 0.244 e. The number of hydrogen-bond donors (Lipinski definition) is 2. The predicted molar refractivity (Wildman–Crippen MR) is 113 cm³/mol. The summed E-state index contributed by atoms with van der Waals surface area (Å²) in [6.45, 7) is 5.78. The molecule has 0 spiro atoms. The molecule has 0 heterocycles. The monoisotopic (exact) mass is 423 g/mol. The molecule has 8 heteroatoms. The maximum atomic E-state index is 12.6. The molecule has 2 N–H and O–H groups in total. The summed E-state index contributed by atoms with van der Waals surface area (Å²) in [6.07, 6.45) is 0. The first-order valence-electron chi connectivity index (χ1n) is 8.88. The fourth-order valence-corrected chi connectivity index (χ4v) is 4.23. The van der Waals surface area contributed by atoms with Crippen LogP contribution in [0.5, 0.6) is 0 Å². The highest BCUT2D eigenvalue weighted by Gasteiger charge is 2.22. The number of carbonyl (C=O) groups excluding carboxylic acids is 1. The first-order chi connectivity index (χ1) is 13.0. The van der Waals surface area contributed by atoms with Crippen LogP contribution >= 0.6 is 11.6 Å². The van der Waals surface area contributed by atoms with E-state index in [0.29, 0.717) is 5.69 Å². The molecule has 0 saturated heterocycles. The molecule has 2 atom stereocenters. The molecule has 0 aromatic heterocycles. The third-order valence-electron chi connectivity index (χ3n) is 4.51. The minimum atomic E-state index is -3.71. The minimum absolute atomic E-state index is 0.0168. The zero-order chi connectivity index (χ0) is 21.1. The summed E-state index contributed by atoms with van der Waals surface area (Å²) in [5, 5.41) is 6.12. The Bertz CT molecular complexity index is 961. The van der Waals surface area contributed by atoms with Crippen LogP contribution in [0.15, 0.2) is 47.4 Å². The molecule has 152 valence electrons. The van der Waals surface area contributed by atoms with Gasteiger partial charge in [0.2, 0.25) is 15.9 Å². The van der Waals surface area contributed by atoms with E-state index >= 15 is 0 Å². The fourth-order valence-electron chi connectivity index (χ4n) is 2.84. The molecule has 0 bridgehead atoms. The van der Waals surface area contributed by atoms with E-state index in [-0.39, 0.29) is 21.9 Å². The van der Waals surface area contributed by atoms with Crippen molar-refractivity contribution in [3.63, 3.8) is 0 Å². The number of hydrogen-bond acceptors (Lipinski definition) is 4. The first kappa shape index (κ1) is 22.4. The lowest BCUT2D eigenvalue weighted by Crippen LogP contribution is -2.39. The molecule has 0 fully saturated rings.